The number of nitrogens with zero attached hydrogens (tertiary/aromatic N) is 1. The fourth-order valence-electron chi connectivity index (χ4n) is 3.83. The van der Waals surface area contributed by atoms with Crippen LogP contribution in [0.5, 0.6) is 0 Å². The van der Waals surface area contributed by atoms with Gasteiger partial charge in [-0.3, -0.25) is 4.79 Å². The van der Waals surface area contributed by atoms with Gasteiger partial charge in [0.1, 0.15) is 0 Å². The normalized spacial score (nSPS) is 18.1. The van der Waals surface area contributed by atoms with Crippen molar-refractivity contribution in [1.29, 1.82) is 0 Å². The van der Waals surface area contributed by atoms with Crippen LogP contribution in [0.25, 0.3) is 0 Å². The van der Waals surface area contributed by atoms with Crippen molar-refractivity contribution >= 4 is 21.6 Å². The van der Waals surface area contributed by atoms with E-state index in [4.69, 9.17) is 0 Å². The van der Waals surface area contributed by atoms with Crippen LogP contribution < -0.4 is 9.62 Å². The van der Waals surface area contributed by atoms with Crippen LogP contribution in [0.3, 0.4) is 0 Å². The lowest BCUT2D eigenvalue weighted by molar-refractivity contribution is -0.119. The van der Waals surface area contributed by atoms with Gasteiger partial charge < -0.3 is 4.90 Å². The Morgan fingerprint density at radius 2 is 1.86 bits per heavy atom. The van der Waals surface area contributed by atoms with Crippen LogP contribution in [-0.4, -0.2) is 27.4 Å². The largest absolute Gasteiger partial charge is 0.311 e. The lowest BCUT2D eigenvalue weighted by Crippen LogP contribution is -2.34. The summed E-state index contributed by atoms with van der Waals surface area (Å²) in [6.07, 6.45) is 2.56. The number of sulfonamides is 1. The molecule has 0 saturated heterocycles. The van der Waals surface area contributed by atoms with Gasteiger partial charge in [0.25, 0.3) is 0 Å². The Labute approximate surface area is 166 Å². The highest BCUT2D eigenvalue weighted by Gasteiger charge is 2.43. The number of anilines is 1. The highest BCUT2D eigenvalue weighted by atomic mass is 32.2. The molecule has 1 aliphatic heterocycles. The summed E-state index contributed by atoms with van der Waals surface area (Å²) in [5.74, 6) is 0.313. The molecule has 0 bridgehead atoms. The van der Waals surface area contributed by atoms with Gasteiger partial charge in [-0.25, -0.2) is 13.1 Å². The minimum Gasteiger partial charge on any atom is -0.311 e. The minimum absolute atomic E-state index is 0.143. The Balaban J connectivity index is 1.53. The molecule has 0 atom stereocenters. The van der Waals surface area contributed by atoms with Gasteiger partial charge in [0.05, 0.1) is 4.90 Å². The summed E-state index contributed by atoms with van der Waals surface area (Å²) >= 11 is 0. The molecular weight excluding hydrogens is 372 g/mol. The Bertz CT molecular complexity index is 996. The summed E-state index contributed by atoms with van der Waals surface area (Å²) in [6.45, 7) is 5.07. The minimum atomic E-state index is -3.60. The zero-order valence-electron chi connectivity index (χ0n) is 16.3. The third-order valence-corrected chi connectivity index (χ3v) is 7.05. The van der Waals surface area contributed by atoms with Crippen molar-refractivity contribution < 1.29 is 13.2 Å². The molecule has 0 radical (unpaired) electrons. The number of fused-ring (bicyclic) bond motifs is 1. The summed E-state index contributed by atoms with van der Waals surface area (Å²) in [7, 11) is -3.60. The lowest BCUT2D eigenvalue weighted by Gasteiger charge is -2.20. The molecule has 4 rings (SSSR count). The van der Waals surface area contributed by atoms with E-state index in [1.54, 1.807) is 18.2 Å². The average molecular weight is 399 g/mol. The molecule has 1 aliphatic carbocycles. The second-order valence-corrected chi connectivity index (χ2v) is 10.2. The number of amides is 1. The SMILES string of the molecule is CC1(C)CN(C(=O)C2CC2)c2ccc(S(=O)(=O)NCCc3ccccc3)cc21. The second kappa shape index (κ2) is 7.01. The number of hydrogen-bond donors (Lipinski definition) is 1. The molecule has 1 N–H and O–H groups in total. The Hall–Kier alpha value is -2.18. The molecule has 2 aromatic rings. The maximum atomic E-state index is 12.8. The van der Waals surface area contributed by atoms with Crippen LogP contribution in [0.15, 0.2) is 53.4 Å². The van der Waals surface area contributed by atoms with E-state index >= 15 is 0 Å². The summed E-state index contributed by atoms with van der Waals surface area (Å²) in [4.78, 5) is 14.7. The Morgan fingerprint density at radius 3 is 2.54 bits per heavy atom. The standard InChI is InChI=1S/C22H26N2O3S/c1-22(2)15-24(21(25)17-8-9-17)20-11-10-18(14-19(20)22)28(26,27)23-13-12-16-6-4-3-5-7-16/h3-7,10-11,14,17,23H,8-9,12-13,15H2,1-2H3. The van der Waals surface area contributed by atoms with Crippen LogP contribution in [0, 0.1) is 5.92 Å². The number of carbonyl (C=O) groups excluding carboxylic acids is 1. The zero-order chi connectivity index (χ0) is 19.9. The first-order chi connectivity index (χ1) is 13.3. The highest BCUT2D eigenvalue weighted by Crippen LogP contribution is 2.44. The van der Waals surface area contributed by atoms with Crippen LogP contribution in [0.4, 0.5) is 5.69 Å². The maximum Gasteiger partial charge on any atom is 0.240 e. The fourth-order valence-corrected chi connectivity index (χ4v) is 4.89. The summed E-state index contributed by atoms with van der Waals surface area (Å²) in [5.41, 5.74) is 2.60. The van der Waals surface area contributed by atoms with Crippen molar-refractivity contribution in [3.63, 3.8) is 0 Å². The van der Waals surface area contributed by atoms with E-state index in [0.29, 0.717) is 19.5 Å². The molecule has 2 aromatic carbocycles. The molecule has 6 heteroatoms. The topological polar surface area (TPSA) is 66.5 Å². The molecule has 0 spiro atoms. The third kappa shape index (κ3) is 3.71. The van der Waals surface area contributed by atoms with Crippen LogP contribution in [0.2, 0.25) is 0 Å². The van der Waals surface area contributed by atoms with E-state index in [9.17, 15) is 13.2 Å². The molecule has 1 fully saturated rings. The molecule has 148 valence electrons. The molecule has 0 unspecified atom stereocenters. The van der Waals surface area contributed by atoms with E-state index in [-0.39, 0.29) is 22.1 Å². The molecule has 1 amide bonds. The van der Waals surface area contributed by atoms with Crippen molar-refractivity contribution in [3.05, 3.63) is 59.7 Å². The van der Waals surface area contributed by atoms with Crippen molar-refractivity contribution in [2.75, 3.05) is 18.0 Å². The van der Waals surface area contributed by atoms with Crippen molar-refractivity contribution in [3.8, 4) is 0 Å². The fraction of sp³-hybridized carbons (Fsp3) is 0.409. The smallest absolute Gasteiger partial charge is 0.240 e. The van der Waals surface area contributed by atoms with Crippen LogP contribution in [-0.2, 0) is 26.7 Å². The first-order valence-electron chi connectivity index (χ1n) is 9.77. The number of hydrogen-bond acceptors (Lipinski definition) is 3. The molecule has 0 aromatic heterocycles. The maximum absolute atomic E-state index is 12.8. The molecule has 2 aliphatic rings. The van der Waals surface area contributed by atoms with Gasteiger partial charge in [-0.15, -0.1) is 0 Å². The summed E-state index contributed by atoms with van der Waals surface area (Å²) in [6, 6.07) is 14.9. The third-order valence-electron chi connectivity index (χ3n) is 5.59. The van der Waals surface area contributed by atoms with Crippen LogP contribution in [0.1, 0.15) is 37.8 Å². The predicted octanol–water partition coefficient (Wildman–Crippen LogP) is 3.24. The molecule has 5 nitrogen and oxygen atoms in total. The van der Waals surface area contributed by atoms with E-state index in [0.717, 1.165) is 29.7 Å². The summed E-state index contributed by atoms with van der Waals surface area (Å²) < 4.78 is 28.2. The second-order valence-electron chi connectivity index (χ2n) is 8.39. The van der Waals surface area contributed by atoms with Crippen molar-refractivity contribution in [2.45, 2.75) is 43.4 Å². The zero-order valence-corrected chi connectivity index (χ0v) is 17.1. The number of benzene rings is 2. The average Bonchev–Trinajstić information content (AvgIpc) is 3.47. The monoisotopic (exact) mass is 398 g/mol. The van der Waals surface area contributed by atoms with Gasteiger partial charge in [-0.1, -0.05) is 44.2 Å². The molecule has 1 saturated carbocycles. The van der Waals surface area contributed by atoms with E-state index < -0.39 is 10.0 Å². The summed E-state index contributed by atoms with van der Waals surface area (Å²) in [5, 5.41) is 0. The number of rotatable bonds is 6. The lowest BCUT2D eigenvalue weighted by atomic mass is 9.87. The number of carbonyl (C=O) groups is 1. The molecule has 1 heterocycles. The van der Waals surface area contributed by atoms with Crippen molar-refractivity contribution in [1.82, 2.24) is 4.72 Å². The number of nitrogens with one attached hydrogen (secondary N) is 1. The van der Waals surface area contributed by atoms with E-state index in [1.807, 2.05) is 35.2 Å². The van der Waals surface area contributed by atoms with Gasteiger partial charge in [0.15, 0.2) is 0 Å². The predicted molar refractivity (Wildman–Crippen MR) is 110 cm³/mol. The van der Waals surface area contributed by atoms with Gasteiger partial charge >= 0.3 is 0 Å². The Kier molecular flexibility index (Phi) is 4.79. The Morgan fingerprint density at radius 1 is 1.14 bits per heavy atom. The van der Waals surface area contributed by atoms with Crippen molar-refractivity contribution in [2.24, 2.45) is 5.92 Å². The van der Waals surface area contributed by atoms with Gasteiger partial charge in [0.2, 0.25) is 15.9 Å². The van der Waals surface area contributed by atoms with Gasteiger partial charge in [0, 0.05) is 30.1 Å². The van der Waals surface area contributed by atoms with Gasteiger partial charge in [-0.05, 0) is 48.6 Å². The van der Waals surface area contributed by atoms with E-state index in [2.05, 4.69) is 18.6 Å². The first kappa shape index (κ1) is 19.2. The highest BCUT2D eigenvalue weighted by molar-refractivity contribution is 7.89. The molecule has 28 heavy (non-hydrogen) atoms. The molecular formula is C22H26N2O3S. The first-order valence-corrected chi connectivity index (χ1v) is 11.3. The van der Waals surface area contributed by atoms with Gasteiger partial charge in [-0.2, -0.15) is 0 Å². The van der Waals surface area contributed by atoms with Crippen LogP contribution >= 0.6 is 0 Å². The van der Waals surface area contributed by atoms with E-state index in [1.165, 1.54) is 0 Å². The quantitative estimate of drug-likeness (QED) is 0.812.